The summed E-state index contributed by atoms with van der Waals surface area (Å²) in [7, 11) is 3.11. The zero-order chi connectivity index (χ0) is 32.8. The normalized spacial score (nSPS) is 14.3. The predicted octanol–water partition coefficient (Wildman–Crippen LogP) is 5.81. The van der Waals surface area contributed by atoms with Crippen LogP contribution in [0.2, 0.25) is 0 Å². The molecule has 3 aromatic carbocycles. The number of methoxy groups -OCH3 is 2. The Labute approximate surface area is 278 Å². The van der Waals surface area contributed by atoms with E-state index in [4.69, 9.17) is 29.2 Å². The van der Waals surface area contributed by atoms with Crippen LogP contribution < -0.4 is 29.1 Å². The molecule has 1 aliphatic rings. The minimum atomic E-state index is -0.783. The monoisotopic (exact) mass is 701 g/mol. The SMILES string of the molecule is CCCC1=C(C(=O)OCC)[C@@H](c2ccccc2OC)n2c(s/c(=C/c3cc(Br)c(OCc4ccc(C#N)cc4)c(OC)c3)c2=O)=N1. The number of hydrogen-bond donors (Lipinski definition) is 0. The first-order valence-electron chi connectivity index (χ1n) is 14.7. The van der Waals surface area contributed by atoms with Gasteiger partial charge in [0, 0.05) is 5.56 Å². The van der Waals surface area contributed by atoms with Crippen LogP contribution >= 0.6 is 27.3 Å². The molecule has 5 rings (SSSR count). The first-order chi connectivity index (χ1) is 22.3. The fourth-order valence-electron chi connectivity index (χ4n) is 5.25. The molecular weight excluding hydrogens is 670 g/mol. The number of thiazole rings is 1. The Morgan fingerprint density at radius 3 is 2.50 bits per heavy atom. The van der Waals surface area contributed by atoms with E-state index in [-0.39, 0.29) is 18.8 Å². The number of fused-ring (bicyclic) bond motifs is 1. The van der Waals surface area contributed by atoms with Crippen LogP contribution in [0.15, 0.2) is 86.2 Å². The van der Waals surface area contributed by atoms with E-state index in [1.165, 1.54) is 11.3 Å². The van der Waals surface area contributed by atoms with Gasteiger partial charge in [0.2, 0.25) is 0 Å². The smallest absolute Gasteiger partial charge is 0.338 e. The van der Waals surface area contributed by atoms with Gasteiger partial charge in [-0.2, -0.15) is 5.26 Å². The van der Waals surface area contributed by atoms with Crippen molar-refractivity contribution in [3.63, 3.8) is 0 Å². The van der Waals surface area contributed by atoms with E-state index in [0.717, 1.165) is 12.0 Å². The Morgan fingerprint density at radius 2 is 1.83 bits per heavy atom. The summed E-state index contributed by atoms with van der Waals surface area (Å²) in [5.41, 5.74) is 3.47. The van der Waals surface area contributed by atoms with Gasteiger partial charge in [-0.05, 0) is 76.8 Å². The number of carbonyl (C=O) groups is 1. The van der Waals surface area contributed by atoms with E-state index < -0.39 is 12.0 Å². The number of carbonyl (C=O) groups excluding carboxylic acids is 1. The van der Waals surface area contributed by atoms with E-state index >= 15 is 0 Å². The molecule has 0 saturated carbocycles. The summed E-state index contributed by atoms with van der Waals surface area (Å²) in [4.78, 5) is 33.0. The third-order valence-corrected chi connectivity index (χ3v) is 8.91. The van der Waals surface area contributed by atoms with E-state index in [0.29, 0.717) is 65.4 Å². The van der Waals surface area contributed by atoms with Crippen molar-refractivity contribution in [2.75, 3.05) is 20.8 Å². The van der Waals surface area contributed by atoms with Crippen molar-refractivity contribution in [3.8, 4) is 23.3 Å². The molecule has 0 amide bonds. The molecule has 1 aromatic heterocycles. The average Bonchev–Trinajstić information content (AvgIpc) is 3.37. The number of para-hydroxylation sites is 1. The number of allylic oxidation sites excluding steroid dienone is 1. The summed E-state index contributed by atoms with van der Waals surface area (Å²) >= 11 is 4.86. The number of hydrogen-bond acceptors (Lipinski definition) is 9. The van der Waals surface area contributed by atoms with E-state index in [9.17, 15) is 9.59 Å². The first kappa shape index (κ1) is 32.7. The highest BCUT2D eigenvalue weighted by molar-refractivity contribution is 9.10. The lowest BCUT2D eigenvalue weighted by atomic mass is 9.93. The van der Waals surface area contributed by atoms with Gasteiger partial charge < -0.3 is 18.9 Å². The number of ether oxygens (including phenoxy) is 4. The second kappa shape index (κ2) is 14.6. The third-order valence-electron chi connectivity index (χ3n) is 7.34. The molecule has 46 heavy (non-hydrogen) atoms. The van der Waals surface area contributed by atoms with E-state index in [1.54, 1.807) is 50.0 Å². The number of nitriles is 1. The lowest BCUT2D eigenvalue weighted by Crippen LogP contribution is -2.40. The topological polar surface area (TPSA) is 112 Å². The number of nitrogens with zero attached hydrogens (tertiary/aromatic N) is 3. The second-order valence-corrected chi connectivity index (χ2v) is 12.2. The summed E-state index contributed by atoms with van der Waals surface area (Å²) in [5.74, 6) is 1.02. The molecule has 0 bridgehead atoms. The molecule has 0 N–H and O–H groups in total. The Balaban J connectivity index is 1.61. The maximum atomic E-state index is 14.2. The molecule has 0 spiro atoms. The van der Waals surface area contributed by atoms with Crippen LogP contribution in [0.1, 0.15) is 55.0 Å². The Morgan fingerprint density at radius 1 is 1.09 bits per heavy atom. The standard InChI is InChI=1S/C35H32BrN3O6S/c1-5-9-26-30(34(41)44-6-2)31(24-10-7-8-11-27(24)42-3)39-33(40)29(46-35(39)38-26)18-23-16-25(36)32(28(17-23)43-4)45-20-22-14-12-21(19-37)13-15-22/h7-8,10-18,31H,5-6,9,20H2,1-4H3/b29-18+/t31-/m1/s1. The fourth-order valence-corrected chi connectivity index (χ4v) is 6.85. The summed E-state index contributed by atoms with van der Waals surface area (Å²) in [5, 5.41) is 9.05. The van der Waals surface area contributed by atoms with E-state index in [1.807, 2.05) is 49.4 Å². The van der Waals surface area contributed by atoms with Crippen molar-refractivity contribution < 1.29 is 23.7 Å². The van der Waals surface area contributed by atoms with Gasteiger partial charge in [0.1, 0.15) is 18.4 Å². The summed E-state index contributed by atoms with van der Waals surface area (Å²) in [6.07, 6.45) is 3.07. The molecule has 11 heteroatoms. The van der Waals surface area contributed by atoms with Crippen LogP contribution in [-0.2, 0) is 16.1 Å². The second-order valence-electron chi connectivity index (χ2n) is 10.3. The highest BCUT2D eigenvalue weighted by Gasteiger charge is 2.35. The van der Waals surface area contributed by atoms with Gasteiger partial charge in [0.15, 0.2) is 16.3 Å². The molecule has 236 valence electrons. The molecule has 0 saturated heterocycles. The Bertz CT molecular complexity index is 2020. The van der Waals surface area contributed by atoms with Gasteiger partial charge in [0.05, 0.1) is 52.7 Å². The zero-order valence-corrected chi connectivity index (χ0v) is 28.2. The van der Waals surface area contributed by atoms with Gasteiger partial charge in [-0.25, -0.2) is 9.79 Å². The van der Waals surface area contributed by atoms with Crippen molar-refractivity contribution in [1.29, 1.82) is 5.26 Å². The fraction of sp³-hybridized carbons (Fsp3) is 0.257. The van der Waals surface area contributed by atoms with Gasteiger partial charge >= 0.3 is 5.97 Å². The van der Waals surface area contributed by atoms with Crippen molar-refractivity contribution in [2.45, 2.75) is 39.3 Å². The lowest BCUT2D eigenvalue weighted by molar-refractivity contribution is -0.139. The largest absolute Gasteiger partial charge is 0.496 e. The molecule has 0 fully saturated rings. The Hall–Kier alpha value is -4.66. The number of aromatic nitrogens is 1. The van der Waals surface area contributed by atoms with Gasteiger partial charge in [-0.15, -0.1) is 0 Å². The first-order valence-corrected chi connectivity index (χ1v) is 16.3. The quantitative estimate of drug-likeness (QED) is 0.182. The molecule has 2 heterocycles. The maximum Gasteiger partial charge on any atom is 0.338 e. The van der Waals surface area contributed by atoms with Crippen molar-refractivity contribution >= 4 is 39.3 Å². The van der Waals surface area contributed by atoms with Crippen molar-refractivity contribution in [2.24, 2.45) is 4.99 Å². The molecule has 1 aliphatic heterocycles. The number of halogens is 1. The molecule has 0 radical (unpaired) electrons. The summed E-state index contributed by atoms with van der Waals surface area (Å²) in [6, 6.07) is 19.5. The third kappa shape index (κ3) is 6.64. The molecule has 9 nitrogen and oxygen atoms in total. The summed E-state index contributed by atoms with van der Waals surface area (Å²) < 4.78 is 25.5. The van der Waals surface area contributed by atoms with Gasteiger partial charge in [-0.1, -0.05) is 55.0 Å². The van der Waals surface area contributed by atoms with Crippen LogP contribution in [0, 0.1) is 11.3 Å². The predicted molar refractivity (Wildman–Crippen MR) is 179 cm³/mol. The van der Waals surface area contributed by atoms with Crippen molar-refractivity contribution in [3.05, 3.63) is 118 Å². The highest BCUT2D eigenvalue weighted by atomic mass is 79.9. The van der Waals surface area contributed by atoms with Crippen LogP contribution in [0.5, 0.6) is 17.2 Å². The van der Waals surface area contributed by atoms with Gasteiger partial charge in [-0.3, -0.25) is 9.36 Å². The molecule has 0 aliphatic carbocycles. The number of rotatable bonds is 11. The number of benzene rings is 3. The minimum absolute atomic E-state index is 0.189. The molecule has 0 unspecified atom stereocenters. The molecule has 1 atom stereocenters. The Kier molecular flexibility index (Phi) is 10.4. The van der Waals surface area contributed by atoms with E-state index in [2.05, 4.69) is 22.0 Å². The van der Waals surface area contributed by atoms with Crippen LogP contribution in [0.4, 0.5) is 0 Å². The zero-order valence-electron chi connectivity index (χ0n) is 25.8. The van der Waals surface area contributed by atoms with Crippen LogP contribution in [0.25, 0.3) is 6.08 Å². The van der Waals surface area contributed by atoms with Gasteiger partial charge in [0.25, 0.3) is 5.56 Å². The lowest BCUT2D eigenvalue weighted by Gasteiger charge is -2.26. The summed E-state index contributed by atoms with van der Waals surface area (Å²) in [6.45, 7) is 4.22. The maximum absolute atomic E-state index is 14.2. The van der Waals surface area contributed by atoms with Crippen LogP contribution in [0.3, 0.4) is 0 Å². The number of esters is 1. The highest BCUT2D eigenvalue weighted by Crippen LogP contribution is 2.38. The van der Waals surface area contributed by atoms with Crippen molar-refractivity contribution in [1.82, 2.24) is 4.57 Å². The average molecular weight is 703 g/mol. The minimum Gasteiger partial charge on any atom is -0.496 e. The van der Waals surface area contributed by atoms with Crippen LogP contribution in [-0.4, -0.2) is 31.4 Å². The molecular formula is C35H32BrN3O6S. The molecule has 4 aromatic rings.